The number of nitrogen functional groups attached to an aromatic ring is 2. The van der Waals surface area contributed by atoms with Crippen LogP contribution in [0.15, 0.2) is 97.1 Å². The second kappa shape index (κ2) is 14.8. The van der Waals surface area contributed by atoms with Crippen LogP contribution in [0.3, 0.4) is 0 Å². The van der Waals surface area contributed by atoms with E-state index in [1.54, 1.807) is 97.1 Å². The van der Waals surface area contributed by atoms with Crippen molar-refractivity contribution in [2.45, 2.75) is 19.3 Å². The highest BCUT2D eigenvalue weighted by atomic mass is 16.2. The molecular formula is C33H34N6O4. The lowest BCUT2D eigenvalue weighted by Gasteiger charge is -2.10. The standard InChI is InChI=1S/C33H34N6O4/c34-26-12-4-8-22(18-26)32(42)38-28-14-6-10-24(20-28)30(40)36-16-2-1-3-17-37-31(41)25-11-7-15-29(21-25)39-33(43)23-9-5-13-27(35)19-23/h4-15,18-21H,1-3,16-17,34-35H2,(H,36,40)(H,37,41)(H,38,42)(H,39,43). The molecule has 0 aromatic heterocycles. The maximum absolute atomic E-state index is 12.6. The van der Waals surface area contributed by atoms with Gasteiger partial charge in [0.25, 0.3) is 23.6 Å². The molecule has 0 saturated heterocycles. The molecule has 10 nitrogen and oxygen atoms in total. The fourth-order valence-corrected chi connectivity index (χ4v) is 4.28. The molecule has 0 unspecified atom stereocenters. The van der Waals surface area contributed by atoms with E-state index in [0.29, 0.717) is 58.1 Å². The summed E-state index contributed by atoms with van der Waals surface area (Å²) in [7, 11) is 0. The van der Waals surface area contributed by atoms with Gasteiger partial charge in [0.1, 0.15) is 0 Å². The van der Waals surface area contributed by atoms with Crippen LogP contribution in [0.1, 0.15) is 60.7 Å². The Morgan fingerprint density at radius 3 is 1.23 bits per heavy atom. The van der Waals surface area contributed by atoms with Crippen molar-refractivity contribution in [2.75, 3.05) is 35.2 Å². The molecular weight excluding hydrogens is 544 g/mol. The highest BCUT2D eigenvalue weighted by Crippen LogP contribution is 2.15. The average molecular weight is 579 g/mol. The number of anilines is 4. The summed E-state index contributed by atoms with van der Waals surface area (Å²) in [5.41, 5.74) is 15.2. The van der Waals surface area contributed by atoms with Crippen LogP contribution in [0.5, 0.6) is 0 Å². The molecule has 4 aromatic rings. The monoisotopic (exact) mass is 578 g/mol. The van der Waals surface area contributed by atoms with Gasteiger partial charge in [-0.15, -0.1) is 0 Å². The molecule has 4 amide bonds. The first-order valence-electron chi connectivity index (χ1n) is 13.9. The van der Waals surface area contributed by atoms with Gasteiger partial charge in [0, 0.05) is 58.1 Å². The van der Waals surface area contributed by atoms with Crippen LogP contribution in [-0.2, 0) is 0 Å². The highest BCUT2D eigenvalue weighted by molar-refractivity contribution is 6.06. The van der Waals surface area contributed by atoms with Crippen LogP contribution >= 0.6 is 0 Å². The maximum Gasteiger partial charge on any atom is 0.255 e. The SMILES string of the molecule is Nc1cccc(C(=O)Nc2cccc(C(=O)NCCCCCNC(=O)c3cccc(NC(=O)c4cccc(N)c4)c3)c2)c1. The minimum Gasteiger partial charge on any atom is -0.399 e. The first-order valence-corrected chi connectivity index (χ1v) is 13.9. The molecule has 0 spiro atoms. The van der Waals surface area contributed by atoms with Crippen LogP contribution < -0.4 is 32.7 Å². The number of benzene rings is 4. The number of nitrogens with one attached hydrogen (secondary N) is 4. The van der Waals surface area contributed by atoms with Crippen LogP contribution in [-0.4, -0.2) is 36.7 Å². The Morgan fingerprint density at radius 2 is 0.837 bits per heavy atom. The van der Waals surface area contributed by atoms with Gasteiger partial charge >= 0.3 is 0 Å². The van der Waals surface area contributed by atoms with Gasteiger partial charge in [-0.05, 0) is 92.1 Å². The summed E-state index contributed by atoms with van der Waals surface area (Å²) in [4.78, 5) is 50.1. The molecule has 0 heterocycles. The topological polar surface area (TPSA) is 168 Å². The van der Waals surface area contributed by atoms with Gasteiger partial charge in [-0.25, -0.2) is 0 Å². The van der Waals surface area contributed by atoms with Crippen molar-refractivity contribution in [1.29, 1.82) is 0 Å². The fraction of sp³-hybridized carbons (Fsp3) is 0.152. The Morgan fingerprint density at radius 1 is 0.465 bits per heavy atom. The van der Waals surface area contributed by atoms with E-state index in [4.69, 9.17) is 11.5 Å². The lowest BCUT2D eigenvalue weighted by molar-refractivity contribution is 0.0947. The van der Waals surface area contributed by atoms with Gasteiger partial charge in [0.15, 0.2) is 0 Å². The zero-order chi connectivity index (χ0) is 30.6. The van der Waals surface area contributed by atoms with Gasteiger partial charge < -0.3 is 32.7 Å². The third-order valence-electron chi connectivity index (χ3n) is 6.49. The van der Waals surface area contributed by atoms with Crippen molar-refractivity contribution in [1.82, 2.24) is 10.6 Å². The van der Waals surface area contributed by atoms with Gasteiger partial charge in [0.05, 0.1) is 0 Å². The summed E-state index contributed by atoms with van der Waals surface area (Å²) >= 11 is 0. The molecule has 0 radical (unpaired) electrons. The Balaban J connectivity index is 1.14. The Labute approximate surface area is 249 Å². The van der Waals surface area contributed by atoms with E-state index in [0.717, 1.165) is 19.3 Å². The summed E-state index contributed by atoms with van der Waals surface area (Å²) < 4.78 is 0. The van der Waals surface area contributed by atoms with Crippen molar-refractivity contribution >= 4 is 46.4 Å². The molecule has 4 rings (SSSR count). The predicted molar refractivity (Wildman–Crippen MR) is 169 cm³/mol. The number of hydrogen-bond acceptors (Lipinski definition) is 6. The molecule has 0 aliphatic heterocycles. The zero-order valence-corrected chi connectivity index (χ0v) is 23.6. The van der Waals surface area contributed by atoms with Crippen molar-refractivity contribution in [3.63, 3.8) is 0 Å². The van der Waals surface area contributed by atoms with Gasteiger partial charge in [-0.2, -0.15) is 0 Å². The molecule has 220 valence electrons. The van der Waals surface area contributed by atoms with Crippen molar-refractivity contribution in [3.8, 4) is 0 Å². The van der Waals surface area contributed by atoms with Crippen LogP contribution in [0.2, 0.25) is 0 Å². The average Bonchev–Trinajstić information content (AvgIpc) is 3.00. The molecule has 0 fully saturated rings. The minimum atomic E-state index is -0.314. The lowest BCUT2D eigenvalue weighted by Crippen LogP contribution is -2.26. The second-order valence-electron chi connectivity index (χ2n) is 9.89. The van der Waals surface area contributed by atoms with E-state index in [1.165, 1.54) is 0 Å². The lowest BCUT2D eigenvalue weighted by atomic mass is 10.1. The Bertz CT molecular complexity index is 1500. The van der Waals surface area contributed by atoms with E-state index in [2.05, 4.69) is 21.3 Å². The molecule has 8 N–H and O–H groups in total. The predicted octanol–water partition coefficient (Wildman–Crippen LogP) is 4.69. The minimum absolute atomic E-state index is 0.240. The van der Waals surface area contributed by atoms with E-state index in [-0.39, 0.29) is 23.6 Å². The maximum atomic E-state index is 12.6. The van der Waals surface area contributed by atoms with Crippen molar-refractivity contribution in [2.24, 2.45) is 0 Å². The van der Waals surface area contributed by atoms with E-state index >= 15 is 0 Å². The first-order chi connectivity index (χ1) is 20.8. The molecule has 0 saturated carbocycles. The van der Waals surface area contributed by atoms with E-state index in [1.807, 2.05) is 0 Å². The number of nitrogens with two attached hydrogens (primary N) is 2. The van der Waals surface area contributed by atoms with Crippen LogP contribution in [0.25, 0.3) is 0 Å². The number of amides is 4. The van der Waals surface area contributed by atoms with Gasteiger partial charge in [-0.1, -0.05) is 24.3 Å². The number of carbonyl (C=O) groups is 4. The molecule has 10 heteroatoms. The molecule has 43 heavy (non-hydrogen) atoms. The number of hydrogen-bond donors (Lipinski definition) is 6. The van der Waals surface area contributed by atoms with Crippen LogP contribution in [0, 0.1) is 0 Å². The molecule has 0 aliphatic carbocycles. The smallest absolute Gasteiger partial charge is 0.255 e. The third kappa shape index (κ3) is 9.19. The normalized spacial score (nSPS) is 10.4. The van der Waals surface area contributed by atoms with Crippen molar-refractivity contribution in [3.05, 3.63) is 119 Å². The van der Waals surface area contributed by atoms with E-state index < -0.39 is 0 Å². The summed E-state index contributed by atoms with van der Waals surface area (Å²) in [5.74, 6) is -1.11. The molecule has 0 aliphatic rings. The summed E-state index contributed by atoms with van der Waals surface area (Å²) in [6, 6.07) is 26.7. The number of carbonyl (C=O) groups excluding carboxylic acids is 4. The Hall–Kier alpha value is -5.64. The first kappa shape index (κ1) is 30.3. The summed E-state index contributed by atoms with van der Waals surface area (Å²) in [5, 5.41) is 11.3. The Kier molecular flexibility index (Phi) is 10.5. The van der Waals surface area contributed by atoms with E-state index in [9.17, 15) is 19.2 Å². The zero-order valence-electron chi connectivity index (χ0n) is 23.6. The highest BCUT2D eigenvalue weighted by Gasteiger charge is 2.11. The number of rotatable bonds is 12. The largest absolute Gasteiger partial charge is 0.399 e. The van der Waals surface area contributed by atoms with Gasteiger partial charge in [-0.3, -0.25) is 19.2 Å². The summed E-state index contributed by atoms with van der Waals surface area (Å²) in [6.45, 7) is 0.947. The summed E-state index contributed by atoms with van der Waals surface area (Å²) in [6.07, 6.45) is 2.27. The third-order valence-corrected chi connectivity index (χ3v) is 6.49. The fourth-order valence-electron chi connectivity index (χ4n) is 4.28. The van der Waals surface area contributed by atoms with Gasteiger partial charge in [0.2, 0.25) is 0 Å². The number of unbranched alkanes of at least 4 members (excludes halogenated alkanes) is 2. The second-order valence-corrected chi connectivity index (χ2v) is 9.89. The van der Waals surface area contributed by atoms with Crippen LogP contribution in [0.4, 0.5) is 22.7 Å². The molecule has 0 atom stereocenters. The molecule has 4 aromatic carbocycles. The van der Waals surface area contributed by atoms with Crippen molar-refractivity contribution < 1.29 is 19.2 Å². The molecule has 0 bridgehead atoms. The quantitative estimate of drug-likeness (QED) is 0.105.